The molecule has 5 rings (SSSR count). The molecular formula is C24H26N4O2. The van der Waals surface area contributed by atoms with E-state index < -0.39 is 0 Å². The van der Waals surface area contributed by atoms with Crippen molar-refractivity contribution in [1.29, 1.82) is 0 Å². The van der Waals surface area contributed by atoms with Gasteiger partial charge in [-0.05, 0) is 37.5 Å². The Balaban J connectivity index is 1.63. The van der Waals surface area contributed by atoms with Crippen molar-refractivity contribution in [3.05, 3.63) is 81.8 Å². The number of para-hydroxylation sites is 2. The van der Waals surface area contributed by atoms with Crippen LogP contribution in [0.5, 0.6) is 5.75 Å². The molecule has 3 aromatic rings. The molecule has 1 aliphatic heterocycles. The number of hydrogen-bond acceptors (Lipinski definition) is 5. The van der Waals surface area contributed by atoms with Crippen LogP contribution in [0.2, 0.25) is 0 Å². The first-order chi connectivity index (χ1) is 14.7. The number of anilines is 2. The molecule has 30 heavy (non-hydrogen) atoms. The Hall–Kier alpha value is -3.12. The lowest BCUT2D eigenvalue weighted by Gasteiger charge is -2.39. The monoisotopic (exact) mass is 402 g/mol. The lowest BCUT2D eigenvalue weighted by atomic mass is 10.1. The number of rotatable bonds is 5. The molecule has 1 aromatic heterocycles. The first-order valence-electron chi connectivity index (χ1n) is 10.4. The average Bonchev–Trinajstić information content (AvgIpc) is 3.62. The number of fused-ring (bicyclic) bond motifs is 1. The molecule has 1 fully saturated rings. The Labute approximate surface area is 176 Å². The van der Waals surface area contributed by atoms with Gasteiger partial charge in [0.15, 0.2) is 0 Å². The Morgan fingerprint density at radius 3 is 2.50 bits per heavy atom. The largest absolute Gasteiger partial charge is 0.495 e. The van der Waals surface area contributed by atoms with Crippen LogP contribution in [0.25, 0.3) is 0 Å². The third kappa shape index (κ3) is 3.37. The highest BCUT2D eigenvalue weighted by Gasteiger charge is 2.36. The Morgan fingerprint density at radius 1 is 1.03 bits per heavy atom. The standard InChI is InChI=1S/C24H26N4O2/c1-17-20(14-18-8-4-3-5-9-18)23(29)28-16-26(19-12-13-19)15-27(24(28)25-17)21-10-6-7-11-22(21)30-2/h3-11,19H,12-16H2,1-2H3. The van der Waals surface area contributed by atoms with E-state index >= 15 is 0 Å². The highest BCUT2D eigenvalue weighted by atomic mass is 16.5. The van der Waals surface area contributed by atoms with Gasteiger partial charge in [0.1, 0.15) is 5.75 Å². The van der Waals surface area contributed by atoms with Crippen molar-refractivity contribution in [1.82, 2.24) is 14.5 Å². The minimum Gasteiger partial charge on any atom is -0.495 e. The van der Waals surface area contributed by atoms with Crippen LogP contribution in [0.4, 0.5) is 11.6 Å². The first kappa shape index (κ1) is 18.9. The van der Waals surface area contributed by atoms with Crippen molar-refractivity contribution >= 4 is 11.6 Å². The Kier molecular flexibility index (Phi) is 4.79. The number of aryl methyl sites for hydroxylation is 1. The molecule has 0 unspecified atom stereocenters. The van der Waals surface area contributed by atoms with Gasteiger partial charge in [-0.25, -0.2) is 4.98 Å². The second kappa shape index (κ2) is 7.61. The quantitative estimate of drug-likeness (QED) is 0.652. The number of methoxy groups -OCH3 is 1. The summed E-state index contributed by atoms with van der Waals surface area (Å²) >= 11 is 0. The van der Waals surface area contributed by atoms with E-state index in [1.54, 1.807) is 7.11 Å². The molecule has 0 saturated heterocycles. The molecule has 2 aromatic carbocycles. The van der Waals surface area contributed by atoms with Crippen molar-refractivity contribution < 1.29 is 4.74 Å². The number of benzene rings is 2. The fourth-order valence-corrected chi connectivity index (χ4v) is 4.20. The predicted molar refractivity (Wildman–Crippen MR) is 117 cm³/mol. The van der Waals surface area contributed by atoms with Gasteiger partial charge >= 0.3 is 0 Å². The van der Waals surface area contributed by atoms with Crippen LogP contribution in [0.15, 0.2) is 59.4 Å². The zero-order valence-electron chi connectivity index (χ0n) is 17.4. The molecule has 6 heteroatoms. The summed E-state index contributed by atoms with van der Waals surface area (Å²) < 4.78 is 7.45. The van der Waals surface area contributed by atoms with Gasteiger partial charge in [0.25, 0.3) is 5.56 Å². The first-order valence-corrected chi connectivity index (χ1v) is 10.4. The fourth-order valence-electron chi connectivity index (χ4n) is 4.20. The minimum atomic E-state index is 0.0478. The summed E-state index contributed by atoms with van der Waals surface area (Å²) in [5, 5.41) is 0. The lowest BCUT2D eigenvalue weighted by Crippen LogP contribution is -2.48. The third-order valence-corrected chi connectivity index (χ3v) is 6.00. The molecule has 0 amide bonds. The summed E-state index contributed by atoms with van der Waals surface area (Å²) in [6, 6.07) is 18.6. The summed E-state index contributed by atoms with van der Waals surface area (Å²) in [5.41, 5.74) is 3.65. The van der Waals surface area contributed by atoms with Crippen LogP contribution < -0.4 is 15.2 Å². The molecule has 2 aliphatic rings. The summed E-state index contributed by atoms with van der Waals surface area (Å²) in [7, 11) is 1.68. The summed E-state index contributed by atoms with van der Waals surface area (Å²) in [5.74, 6) is 1.47. The summed E-state index contributed by atoms with van der Waals surface area (Å²) in [4.78, 5) is 23.0. The van der Waals surface area contributed by atoms with Crippen LogP contribution >= 0.6 is 0 Å². The number of aromatic nitrogens is 2. The van der Waals surface area contributed by atoms with E-state index in [9.17, 15) is 4.79 Å². The van der Waals surface area contributed by atoms with Crippen LogP contribution in [-0.2, 0) is 13.1 Å². The van der Waals surface area contributed by atoms with E-state index in [-0.39, 0.29) is 5.56 Å². The second-order valence-corrected chi connectivity index (χ2v) is 8.07. The molecular weight excluding hydrogens is 376 g/mol. The molecule has 0 spiro atoms. The van der Waals surface area contributed by atoms with Gasteiger partial charge in [0.05, 0.1) is 31.8 Å². The van der Waals surface area contributed by atoms with Crippen molar-refractivity contribution in [2.24, 2.45) is 0 Å². The molecule has 0 bridgehead atoms. The maximum atomic E-state index is 13.6. The van der Waals surface area contributed by atoms with Gasteiger partial charge < -0.3 is 4.74 Å². The van der Waals surface area contributed by atoms with Gasteiger partial charge in [0.2, 0.25) is 5.95 Å². The Bertz CT molecular complexity index is 1120. The molecule has 1 aliphatic carbocycles. The Morgan fingerprint density at radius 2 is 1.77 bits per heavy atom. The van der Waals surface area contributed by atoms with E-state index in [1.807, 2.05) is 54.0 Å². The molecule has 154 valence electrons. The van der Waals surface area contributed by atoms with Crippen molar-refractivity contribution in [2.75, 3.05) is 18.7 Å². The minimum absolute atomic E-state index is 0.0478. The number of hydrogen-bond donors (Lipinski definition) is 0. The zero-order valence-corrected chi connectivity index (χ0v) is 17.4. The van der Waals surface area contributed by atoms with E-state index in [4.69, 9.17) is 9.72 Å². The van der Waals surface area contributed by atoms with Crippen molar-refractivity contribution in [3.63, 3.8) is 0 Å². The second-order valence-electron chi connectivity index (χ2n) is 8.07. The van der Waals surface area contributed by atoms with Crippen molar-refractivity contribution in [3.8, 4) is 5.75 Å². The number of nitrogens with zero attached hydrogens (tertiary/aromatic N) is 4. The van der Waals surface area contributed by atoms with E-state index in [1.165, 1.54) is 12.8 Å². The molecule has 6 nitrogen and oxygen atoms in total. The highest BCUT2D eigenvalue weighted by molar-refractivity contribution is 5.66. The highest BCUT2D eigenvalue weighted by Crippen LogP contribution is 2.37. The zero-order chi connectivity index (χ0) is 20.7. The molecule has 0 atom stereocenters. The van der Waals surface area contributed by atoms with Crippen molar-refractivity contribution in [2.45, 2.75) is 38.9 Å². The van der Waals surface area contributed by atoms with Gasteiger partial charge in [-0.15, -0.1) is 0 Å². The average molecular weight is 402 g/mol. The van der Waals surface area contributed by atoms with Crippen LogP contribution in [-0.4, -0.2) is 34.3 Å². The maximum absolute atomic E-state index is 13.6. The van der Waals surface area contributed by atoms with E-state index in [0.717, 1.165) is 28.3 Å². The van der Waals surface area contributed by atoms with Crippen LogP contribution in [0.1, 0.15) is 29.7 Å². The predicted octanol–water partition coefficient (Wildman–Crippen LogP) is 3.68. The van der Waals surface area contributed by atoms with Gasteiger partial charge in [-0.2, -0.15) is 0 Å². The molecule has 0 N–H and O–H groups in total. The SMILES string of the molecule is COc1ccccc1N1CN(C2CC2)Cn2c1nc(C)c(Cc1ccccc1)c2=O. The smallest absolute Gasteiger partial charge is 0.259 e. The fraction of sp³-hybridized carbons (Fsp3) is 0.333. The van der Waals surface area contributed by atoms with Gasteiger partial charge in [-0.1, -0.05) is 42.5 Å². The third-order valence-electron chi connectivity index (χ3n) is 6.00. The van der Waals surface area contributed by atoms with E-state index in [0.29, 0.717) is 31.7 Å². The van der Waals surface area contributed by atoms with Gasteiger partial charge in [-0.3, -0.25) is 19.2 Å². The van der Waals surface area contributed by atoms with Gasteiger partial charge in [0, 0.05) is 18.0 Å². The summed E-state index contributed by atoms with van der Waals surface area (Å²) in [6.07, 6.45) is 2.96. The molecule has 1 saturated carbocycles. The van der Waals surface area contributed by atoms with E-state index in [2.05, 4.69) is 21.9 Å². The van der Waals surface area contributed by atoms with Crippen LogP contribution in [0, 0.1) is 6.92 Å². The number of ether oxygens (including phenoxy) is 1. The lowest BCUT2D eigenvalue weighted by molar-refractivity contribution is 0.188. The summed E-state index contributed by atoms with van der Waals surface area (Å²) in [6.45, 7) is 3.22. The topological polar surface area (TPSA) is 50.6 Å². The van der Waals surface area contributed by atoms with Crippen LogP contribution in [0.3, 0.4) is 0 Å². The normalized spacial score (nSPS) is 16.4. The molecule has 0 radical (unpaired) electrons. The molecule has 2 heterocycles. The maximum Gasteiger partial charge on any atom is 0.259 e.